The van der Waals surface area contributed by atoms with E-state index in [-0.39, 0.29) is 6.61 Å². The molecule has 82 valence electrons. The molecule has 0 amide bonds. The highest BCUT2D eigenvalue weighted by Gasteiger charge is 2.16. The molecule has 0 saturated carbocycles. The van der Waals surface area contributed by atoms with E-state index in [1.54, 1.807) is 13.1 Å². The summed E-state index contributed by atoms with van der Waals surface area (Å²) in [4.78, 5) is 0. The van der Waals surface area contributed by atoms with Crippen LogP contribution in [0.25, 0.3) is 0 Å². The van der Waals surface area contributed by atoms with Crippen LogP contribution in [0.3, 0.4) is 0 Å². The Morgan fingerprint density at radius 2 is 2.36 bits per heavy atom. The second-order valence-corrected chi connectivity index (χ2v) is 2.76. The van der Waals surface area contributed by atoms with Crippen molar-refractivity contribution in [3.63, 3.8) is 0 Å². The van der Waals surface area contributed by atoms with Crippen LogP contribution in [0.4, 0.5) is 0 Å². The van der Waals surface area contributed by atoms with Gasteiger partial charge in [-0.1, -0.05) is 0 Å². The second kappa shape index (κ2) is 7.43. The Bertz CT molecular complexity index is 186. The number of aliphatic hydroxyl groups excluding tert-OH is 1. The van der Waals surface area contributed by atoms with Crippen LogP contribution in [-0.4, -0.2) is 55.6 Å². The summed E-state index contributed by atoms with van der Waals surface area (Å²) in [5.74, 6) is 0. The third kappa shape index (κ3) is 4.90. The maximum absolute atomic E-state index is 9.44. The highest BCUT2D eigenvalue weighted by atomic mass is 16.5. The Labute approximate surface area is 84.0 Å². The summed E-state index contributed by atoms with van der Waals surface area (Å²) in [6.07, 6.45) is 0.848. The summed E-state index contributed by atoms with van der Waals surface area (Å²) in [6, 6.07) is -0.468. The normalized spacial score (nSPS) is 15.4. The molecule has 0 aliphatic rings. The largest absolute Gasteiger partial charge is 0.389 e. The van der Waals surface area contributed by atoms with Gasteiger partial charge in [-0.05, 0) is 6.92 Å². The molecule has 0 aliphatic heterocycles. The number of hydrogen-bond acceptors (Lipinski definition) is 6. The number of ether oxygens (including phenoxy) is 1. The zero-order valence-electron chi connectivity index (χ0n) is 8.63. The van der Waals surface area contributed by atoms with Gasteiger partial charge in [-0.25, -0.2) is 0 Å². The minimum Gasteiger partial charge on any atom is -0.389 e. The Balaban J connectivity index is 4.00. The summed E-state index contributed by atoms with van der Waals surface area (Å²) in [6.45, 7) is 5.59. The van der Waals surface area contributed by atoms with Crippen LogP contribution in [0, 0.1) is 0 Å². The van der Waals surface area contributed by atoms with Crippen LogP contribution < -0.4 is 5.73 Å². The van der Waals surface area contributed by atoms with E-state index in [1.807, 2.05) is 0 Å². The van der Waals surface area contributed by atoms with Gasteiger partial charge >= 0.3 is 0 Å². The van der Waals surface area contributed by atoms with E-state index in [1.165, 1.54) is 12.2 Å². The van der Waals surface area contributed by atoms with Gasteiger partial charge in [0.15, 0.2) is 0 Å². The first-order valence-electron chi connectivity index (χ1n) is 4.31. The molecule has 0 unspecified atom stereocenters. The minimum atomic E-state index is -0.726. The van der Waals surface area contributed by atoms with Crippen LogP contribution >= 0.6 is 0 Å². The Hall–Kier alpha value is -0.980. The molecule has 0 bridgehead atoms. The van der Waals surface area contributed by atoms with Crippen molar-refractivity contribution in [2.24, 2.45) is 15.9 Å². The lowest BCUT2D eigenvalue weighted by atomic mass is 10.2. The zero-order chi connectivity index (χ0) is 11.0. The monoisotopic (exact) mass is 202 g/mol. The number of rotatable bonds is 7. The van der Waals surface area contributed by atoms with E-state index in [4.69, 9.17) is 10.5 Å². The standard InChI is InChI=1S/C8H18N4O2/c1-4-11-12(10-2)5-7(9)8(13)6-14-3/h4,7-8,13H,2,5-6,9H2,1,3H3/b11-4-/t7-,8-/m1/s1. The number of aliphatic hydroxyl groups is 1. The average Bonchev–Trinajstić information content (AvgIpc) is 2.17. The summed E-state index contributed by atoms with van der Waals surface area (Å²) in [5, 5.41) is 18.2. The smallest absolute Gasteiger partial charge is 0.0942 e. The molecule has 0 heterocycles. The fourth-order valence-electron chi connectivity index (χ4n) is 0.879. The first-order chi connectivity index (χ1) is 6.65. The first kappa shape index (κ1) is 13.0. The van der Waals surface area contributed by atoms with Crippen LogP contribution in [0.1, 0.15) is 6.92 Å². The molecule has 0 spiro atoms. The molecular weight excluding hydrogens is 184 g/mol. The second-order valence-electron chi connectivity index (χ2n) is 2.76. The first-order valence-corrected chi connectivity index (χ1v) is 4.31. The van der Waals surface area contributed by atoms with E-state index in [0.29, 0.717) is 6.54 Å². The molecule has 3 N–H and O–H groups in total. The molecule has 14 heavy (non-hydrogen) atoms. The number of nitrogens with two attached hydrogens (primary N) is 1. The van der Waals surface area contributed by atoms with Gasteiger partial charge in [-0.15, -0.1) is 0 Å². The van der Waals surface area contributed by atoms with Gasteiger partial charge in [-0.3, -0.25) is 0 Å². The fourth-order valence-corrected chi connectivity index (χ4v) is 0.879. The van der Waals surface area contributed by atoms with E-state index in [2.05, 4.69) is 16.9 Å². The van der Waals surface area contributed by atoms with Crippen molar-refractivity contribution in [1.82, 2.24) is 5.12 Å². The van der Waals surface area contributed by atoms with Crippen LogP contribution in [-0.2, 0) is 4.74 Å². The lowest BCUT2D eigenvalue weighted by molar-refractivity contribution is 0.0391. The third-order valence-corrected chi connectivity index (χ3v) is 1.62. The van der Waals surface area contributed by atoms with E-state index in [0.717, 1.165) is 0 Å². The van der Waals surface area contributed by atoms with Crippen LogP contribution in [0.15, 0.2) is 10.2 Å². The van der Waals surface area contributed by atoms with Gasteiger partial charge in [0.2, 0.25) is 0 Å². The summed E-state index contributed by atoms with van der Waals surface area (Å²) in [5.41, 5.74) is 5.68. The molecule has 0 rings (SSSR count). The van der Waals surface area contributed by atoms with Gasteiger partial charge in [-0.2, -0.15) is 15.3 Å². The van der Waals surface area contributed by atoms with Crippen LogP contribution in [0.2, 0.25) is 0 Å². The van der Waals surface area contributed by atoms with Crippen molar-refractivity contribution in [3.8, 4) is 0 Å². The topological polar surface area (TPSA) is 83.4 Å². The predicted molar refractivity (Wildman–Crippen MR) is 56.3 cm³/mol. The molecular formula is C8H18N4O2. The molecule has 0 fully saturated rings. The number of hydrogen-bond donors (Lipinski definition) is 2. The summed E-state index contributed by atoms with van der Waals surface area (Å²) in [7, 11) is 1.50. The maximum atomic E-state index is 9.44. The SMILES string of the molecule is C=NN(C[C@@H](N)[C@H](O)COC)/N=C\C. The molecule has 6 heteroatoms. The molecule has 6 nitrogen and oxygen atoms in total. The summed E-state index contributed by atoms with van der Waals surface area (Å²) >= 11 is 0. The Morgan fingerprint density at radius 1 is 1.71 bits per heavy atom. The molecule has 0 aliphatic carbocycles. The molecule has 0 aromatic heterocycles. The van der Waals surface area contributed by atoms with Crippen molar-refractivity contribution in [1.29, 1.82) is 0 Å². The summed E-state index contributed by atoms with van der Waals surface area (Å²) < 4.78 is 4.77. The van der Waals surface area contributed by atoms with Gasteiger partial charge in [0.05, 0.1) is 25.3 Å². The van der Waals surface area contributed by atoms with Crippen molar-refractivity contribution >= 4 is 12.9 Å². The van der Waals surface area contributed by atoms with Crippen molar-refractivity contribution in [2.75, 3.05) is 20.3 Å². The molecule has 0 saturated heterocycles. The van der Waals surface area contributed by atoms with Crippen molar-refractivity contribution < 1.29 is 9.84 Å². The van der Waals surface area contributed by atoms with E-state index in [9.17, 15) is 5.11 Å². The number of hydrazone groups is 2. The molecule has 0 aromatic rings. The van der Waals surface area contributed by atoms with Gasteiger partial charge < -0.3 is 15.6 Å². The molecule has 2 atom stereocenters. The number of methoxy groups -OCH3 is 1. The van der Waals surface area contributed by atoms with Crippen molar-refractivity contribution in [3.05, 3.63) is 0 Å². The zero-order valence-corrected chi connectivity index (χ0v) is 8.63. The Morgan fingerprint density at radius 3 is 2.79 bits per heavy atom. The minimum absolute atomic E-state index is 0.196. The van der Waals surface area contributed by atoms with Gasteiger partial charge in [0.1, 0.15) is 0 Å². The lowest BCUT2D eigenvalue weighted by Crippen LogP contribution is -2.44. The van der Waals surface area contributed by atoms with Gasteiger partial charge in [0.25, 0.3) is 0 Å². The fraction of sp³-hybridized carbons (Fsp3) is 0.750. The highest BCUT2D eigenvalue weighted by molar-refractivity contribution is 5.52. The Kier molecular flexibility index (Phi) is 6.91. The van der Waals surface area contributed by atoms with Gasteiger partial charge in [0, 0.05) is 20.0 Å². The van der Waals surface area contributed by atoms with E-state index >= 15 is 0 Å². The predicted octanol–water partition coefficient (Wildman–Crippen LogP) is -0.756. The maximum Gasteiger partial charge on any atom is 0.0942 e. The lowest BCUT2D eigenvalue weighted by Gasteiger charge is -2.21. The van der Waals surface area contributed by atoms with E-state index < -0.39 is 12.1 Å². The highest BCUT2D eigenvalue weighted by Crippen LogP contribution is 1.97. The van der Waals surface area contributed by atoms with Crippen molar-refractivity contribution in [2.45, 2.75) is 19.1 Å². The van der Waals surface area contributed by atoms with Crippen LogP contribution in [0.5, 0.6) is 0 Å². The average molecular weight is 202 g/mol. The molecule has 0 radical (unpaired) electrons. The third-order valence-electron chi connectivity index (χ3n) is 1.62. The molecule has 0 aromatic carbocycles. The quantitative estimate of drug-likeness (QED) is 0.420. The number of nitrogens with zero attached hydrogens (tertiary/aromatic N) is 3.